The summed E-state index contributed by atoms with van der Waals surface area (Å²) in [6.07, 6.45) is 1.14. The van der Waals surface area contributed by atoms with Crippen LogP contribution in [0.1, 0.15) is 0 Å². The molecular weight excluding hydrogens is 224 g/mol. The van der Waals surface area contributed by atoms with Crippen LogP contribution in [0.2, 0.25) is 0 Å². The summed E-state index contributed by atoms with van der Waals surface area (Å²) in [5.41, 5.74) is 1.14. The van der Waals surface area contributed by atoms with E-state index in [1.54, 1.807) is 24.3 Å². The van der Waals surface area contributed by atoms with Crippen molar-refractivity contribution in [3.05, 3.63) is 30.5 Å². The van der Waals surface area contributed by atoms with Crippen molar-refractivity contribution in [3.63, 3.8) is 0 Å². The van der Waals surface area contributed by atoms with Crippen molar-refractivity contribution in [2.75, 3.05) is 0 Å². The van der Waals surface area contributed by atoms with Crippen LogP contribution < -0.4 is 0 Å². The van der Waals surface area contributed by atoms with Gasteiger partial charge in [0.1, 0.15) is 0 Å². The molecule has 0 radical (unpaired) electrons. The van der Waals surface area contributed by atoms with Gasteiger partial charge in [-0.2, -0.15) is 0 Å². The maximum atomic E-state index is 10.9. The molecule has 0 N–H and O–H groups in total. The van der Waals surface area contributed by atoms with E-state index in [9.17, 15) is 8.42 Å². The Bertz CT molecular complexity index is 583. The Morgan fingerprint density at radius 1 is 1.14 bits per heavy atom. The molecule has 72 valence electrons. The second kappa shape index (κ2) is 3.18. The zero-order valence-electron chi connectivity index (χ0n) is 6.88. The summed E-state index contributed by atoms with van der Waals surface area (Å²) in [7, 11) is 1.33. The van der Waals surface area contributed by atoms with Gasteiger partial charge in [0.25, 0.3) is 9.05 Å². The number of nitrogens with zero attached hydrogens (tertiary/aromatic N) is 2. The Hall–Kier alpha value is -1.20. The molecule has 0 atom stereocenters. The van der Waals surface area contributed by atoms with Crippen LogP contribution in [0.4, 0.5) is 0 Å². The molecule has 2 rings (SSSR count). The Balaban J connectivity index is 2.75. The first-order valence-electron chi connectivity index (χ1n) is 3.74. The van der Waals surface area contributed by atoms with Gasteiger partial charge in [-0.05, 0) is 12.1 Å². The summed E-state index contributed by atoms with van der Waals surface area (Å²) >= 11 is 0. The van der Waals surface area contributed by atoms with Crippen LogP contribution in [0.3, 0.4) is 0 Å². The van der Waals surface area contributed by atoms with Crippen molar-refractivity contribution in [2.24, 2.45) is 0 Å². The van der Waals surface area contributed by atoms with E-state index >= 15 is 0 Å². The van der Waals surface area contributed by atoms with Gasteiger partial charge in [-0.3, -0.25) is 4.98 Å². The molecule has 0 aliphatic carbocycles. The molecule has 1 aromatic heterocycles. The molecule has 0 fully saturated rings. The van der Waals surface area contributed by atoms with Crippen LogP contribution >= 0.6 is 10.7 Å². The summed E-state index contributed by atoms with van der Waals surface area (Å²) in [6, 6.07) is 6.97. The third kappa shape index (κ3) is 1.69. The van der Waals surface area contributed by atoms with Gasteiger partial charge in [-0.15, -0.1) is 0 Å². The average Bonchev–Trinajstić information content (AvgIpc) is 2.16. The maximum Gasteiger partial charge on any atom is 0.280 e. The monoisotopic (exact) mass is 228 g/mol. The summed E-state index contributed by atoms with van der Waals surface area (Å²) < 4.78 is 21.9. The first-order valence-corrected chi connectivity index (χ1v) is 6.05. The first kappa shape index (κ1) is 9.36. The maximum absolute atomic E-state index is 10.9. The van der Waals surface area contributed by atoms with Crippen LogP contribution in [0, 0.1) is 0 Å². The molecule has 0 spiro atoms. The summed E-state index contributed by atoms with van der Waals surface area (Å²) in [6.45, 7) is 0. The highest BCUT2D eigenvalue weighted by molar-refractivity contribution is 8.13. The smallest absolute Gasteiger partial charge is 0.252 e. The molecule has 0 bridgehead atoms. The minimum Gasteiger partial charge on any atom is -0.252 e. The number of rotatable bonds is 1. The largest absolute Gasteiger partial charge is 0.280 e. The van der Waals surface area contributed by atoms with Gasteiger partial charge in [0.2, 0.25) is 0 Å². The van der Waals surface area contributed by atoms with E-state index in [4.69, 9.17) is 10.7 Å². The number of fused-ring (bicyclic) bond motifs is 1. The normalized spacial score (nSPS) is 11.8. The van der Waals surface area contributed by atoms with Crippen molar-refractivity contribution in [1.29, 1.82) is 0 Å². The lowest BCUT2D eigenvalue weighted by Crippen LogP contribution is -1.96. The topological polar surface area (TPSA) is 59.9 Å². The van der Waals surface area contributed by atoms with Gasteiger partial charge in [0.05, 0.1) is 17.2 Å². The fraction of sp³-hybridized carbons (Fsp3) is 0. The van der Waals surface area contributed by atoms with E-state index in [1.165, 1.54) is 0 Å². The number of benzene rings is 1. The van der Waals surface area contributed by atoms with Gasteiger partial charge in [-0.1, -0.05) is 12.1 Å². The van der Waals surface area contributed by atoms with Gasteiger partial charge in [-0.25, -0.2) is 13.4 Å². The van der Waals surface area contributed by atoms with E-state index in [0.29, 0.717) is 11.0 Å². The predicted molar refractivity (Wildman–Crippen MR) is 52.6 cm³/mol. The molecule has 0 saturated carbocycles. The zero-order valence-corrected chi connectivity index (χ0v) is 8.46. The minimum absolute atomic E-state index is 0.224. The second-order valence-corrected chi connectivity index (χ2v) is 5.15. The molecule has 0 aliphatic heterocycles. The van der Waals surface area contributed by atoms with E-state index in [2.05, 4.69) is 9.97 Å². The quantitative estimate of drug-likeness (QED) is 0.695. The molecule has 14 heavy (non-hydrogen) atoms. The van der Waals surface area contributed by atoms with E-state index in [-0.39, 0.29) is 5.03 Å². The molecule has 1 aromatic carbocycles. The van der Waals surface area contributed by atoms with Gasteiger partial charge in [0, 0.05) is 10.7 Å². The second-order valence-electron chi connectivity index (χ2n) is 2.63. The van der Waals surface area contributed by atoms with Gasteiger partial charge < -0.3 is 0 Å². The van der Waals surface area contributed by atoms with Crippen LogP contribution in [-0.2, 0) is 9.05 Å². The number of hydrogen-bond donors (Lipinski definition) is 0. The van der Waals surface area contributed by atoms with Crippen LogP contribution in [-0.4, -0.2) is 18.4 Å². The zero-order chi connectivity index (χ0) is 10.2. The lowest BCUT2D eigenvalue weighted by atomic mass is 10.3. The third-order valence-corrected chi connectivity index (χ3v) is 2.85. The van der Waals surface area contributed by atoms with E-state index in [1.807, 2.05) is 0 Å². The minimum atomic E-state index is -3.80. The van der Waals surface area contributed by atoms with Crippen LogP contribution in [0.15, 0.2) is 35.5 Å². The molecule has 1 heterocycles. The first-order chi connectivity index (χ1) is 6.57. The fourth-order valence-corrected chi connectivity index (χ4v) is 1.67. The molecule has 2 aromatic rings. The summed E-state index contributed by atoms with van der Waals surface area (Å²) in [5.74, 6) is 0. The molecule has 0 unspecified atom stereocenters. The Kier molecular flexibility index (Phi) is 2.13. The summed E-state index contributed by atoms with van der Waals surface area (Å²) in [4.78, 5) is 7.79. The van der Waals surface area contributed by atoms with Gasteiger partial charge in [0.15, 0.2) is 5.03 Å². The van der Waals surface area contributed by atoms with Crippen molar-refractivity contribution in [1.82, 2.24) is 9.97 Å². The van der Waals surface area contributed by atoms with Crippen molar-refractivity contribution >= 4 is 30.8 Å². The number of para-hydroxylation sites is 2. The molecule has 6 heteroatoms. The lowest BCUT2D eigenvalue weighted by molar-refractivity contribution is 0.606. The highest BCUT2D eigenvalue weighted by atomic mass is 35.7. The van der Waals surface area contributed by atoms with E-state index in [0.717, 1.165) is 6.20 Å². The number of halogens is 1. The molecule has 0 amide bonds. The lowest BCUT2D eigenvalue weighted by Gasteiger charge is -1.97. The Morgan fingerprint density at radius 2 is 1.79 bits per heavy atom. The fourth-order valence-electron chi connectivity index (χ4n) is 1.06. The molecular formula is C8H5ClN2O2S. The standard InChI is InChI=1S/C8H5ClN2O2S/c9-14(12,13)8-5-10-6-3-1-2-4-7(6)11-8/h1-5H. The Morgan fingerprint density at radius 3 is 2.43 bits per heavy atom. The highest BCUT2D eigenvalue weighted by Gasteiger charge is 2.12. The van der Waals surface area contributed by atoms with Crippen molar-refractivity contribution < 1.29 is 8.42 Å². The van der Waals surface area contributed by atoms with Crippen molar-refractivity contribution in [3.8, 4) is 0 Å². The number of hydrogen-bond acceptors (Lipinski definition) is 4. The SMILES string of the molecule is O=S(=O)(Cl)c1cnc2ccccc2n1. The third-order valence-electron chi connectivity index (χ3n) is 1.68. The average molecular weight is 229 g/mol. The molecule has 0 aliphatic rings. The Labute approximate surface area is 85.0 Å². The highest BCUT2D eigenvalue weighted by Crippen LogP contribution is 2.14. The van der Waals surface area contributed by atoms with Gasteiger partial charge >= 0.3 is 0 Å². The van der Waals surface area contributed by atoms with Crippen LogP contribution in [0.5, 0.6) is 0 Å². The molecule has 4 nitrogen and oxygen atoms in total. The van der Waals surface area contributed by atoms with Crippen molar-refractivity contribution in [2.45, 2.75) is 5.03 Å². The van der Waals surface area contributed by atoms with Crippen LogP contribution in [0.25, 0.3) is 11.0 Å². The van der Waals surface area contributed by atoms with E-state index < -0.39 is 9.05 Å². The number of aromatic nitrogens is 2. The predicted octanol–water partition coefficient (Wildman–Crippen LogP) is 1.56. The molecule has 0 saturated heterocycles. The summed E-state index contributed by atoms with van der Waals surface area (Å²) in [5, 5.41) is -0.224.